The molecule has 0 unspecified atom stereocenters. The lowest BCUT2D eigenvalue weighted by Gasteiger charge is -2.34. The number of aromatic nitrogens is 2. The lowest BCUT2D eigenvalue weighted by Crippen LogP contribution is -2.48. The molecule has 3 rings (SSSR count). The third-order valence-electron chi connectivity index (χ3n) is 5.51. The normalized spacial score (nSPS) is 25.5. The molecule has 2 atom stereocenters. The van der Waals surface area contributed by atoms with Crippen molar-refractivity contribution in [3.63, 3.8) is 0 Å². The smallest absolute Gasteiger partial charge is 0.319 e. The molecule has 0 N–H and O–H groups in total. The Labute approximate surface area is 154 Å². The Balaban J connectivity index is 1.92. The Kier molecular flexibility index (Phi) is 5.02. The van der Waals surface area contributed by atoms with E-state index in [0.717, 1.165) is 12.8 Å². The molecule has 8 heteroatoms. The largest absolute Gasteiger partial charge is 0.348 e. The summed E-state index contributed by atoms with van der Waals surface area (Å²) >= 11 is 0. The minimum Gasteiger partial charge on any atom is -0.348 e. The van der Waals surface area contributed by atoms with Crippen LogP contribution in [0.5, 0.6) is 0 Å². The van der Waals surface area contributed by atoms with E-state index in [2.05, 4.69) is 14.9 Å². The van der Waals surface area contributed by atoms with Gasteiger partial charge in [-0.2, -0.15) is 0 Å². The lowest BCUT2D eigenvalue weighted by atomic mass is 9.74. The highest BCUT2D eigenvalue weighted by Crippen LogP contribution is 2.44. The summed E-state index contributed by atoms with van der Waals surface area (Å²) in [6.45, 7) is 2.56. The van der Waals surface area contributed by atoms with Crippen molar-refractivity contribution in [1.82, 2.24) is 24.7 Å². The Morgan fingerprint density at radius 1 is 1.12 bits per heavy atom. The number of likely N-dealkylation sites (tertiary alicyclic amines) is 1. The van der Waals surface area contributed by atoms with Crippen molar-refractivity contribution < 1.29 is 9.59 Å². The third-order valence-corrected chi connectivity index (χ3v) is 5.51. The maximum atomic E-state index is 13.2. The Bertz CT molecular complexity index is 665. The van der Waals surface area contributed by atoms with E-state index in [-0.39, 0.29) is 17.9 Å². The zero-order chi connectivity index (χ0) is 18.9. The quantitative estimate of drug-likeness (QED) is 0.779. The molecule has 2 saturated heterocycles. The number of carbonyl (C=O) groups is 2. The first-order valence-electron chi connectivity index (χ1n) is 9.05. The highest BCUT2D eigenvalue weighted by molar-refractivity contribution is 5.84. The zero-order valence-corrected chi connectivity index (χ0v) is 16.1. The van der Waals surface area contributed by atoms with Crippen LogP contribution in [0.3, 0.4) is 0 Å². The number of carbonyl (C=O) groups excluding carboxylic acids is 2. The number of nitrogens with zero attached hydrogens (tertiary/aromatic N) is 6. The minimum atomic E-state index is -0.496. The van der Waals surface area contributed by atoms with Crippen LogP contribution < -0.4 is 4.90 Å². The van der Waals surface area contributed by atoms with Crippen LogP contribution in [0.25, 0.3) is 0 Å². The maximum absolute atomic E-state index is 13.2. The molecule has 0 saturated carbocycles. The van der Waals surface area contributed by atoms with Crippen LogP contribution in [0.15, 0.2) is 18.5 Å². The van der Waals surface area contributed by atoms with Gasteiger partial charge in [-0.15, -0.1) is 0 Å². The minimum absolute atomic E-state index is 0.00696. The fourth-order valence-corrected chi connectivity index (χ4v) is 4.29. The summed E-state index contributed by atoms with van der Waals surface area (Å²) in [5.41, 5.74) is -0.496. The number of hydrogen-bond donors (Lipinski definition) is 0. The molecular formula is C18H28N6O2. The molecule has 0 radical (unpaired) electrons. The van der Waals surface area contributed by atoms with Gasteiger partial charge in [-0.25, -0.2) is 14.8 Å². The highest BCUT2D eigenvalue weighted by Gasteiger charge is 2.54. The first kappa shape index (κ1) is 18.4. The van der Waals surface area contributed by atoms with E-state index in [1.165, 1.54) is 0 Å². The van der Waals surface area contributed by atoms with Gasteiger partial charge in [0.05, 0.1) is 5.41 Å². The second-order valence-electron chi connectivity index (χ2n) is 7.71. The molecule has 2 aliphatic rings. The van der Waals surface area contributed by atoms with Crippen molar-refractivity contribution in [1.29, 1.82) is 0 Å². The summed E-state index contributed by atoms with van der Waals surface area (Å²) in [6, 6.07) is 1.79. The van der Waals surface area contributed by atoms with Gasteiger partial charge in [0, 0.05) is 72.7 Å². The fourth-order valence-electron chi connectivity index (χ4n) is 4.29. The molecule has 0 aromatic carbocycles. The van der Waals surface area contributed by atoms with E-state index in [9.17, 15) is 9.59 Å². The van der Waals surface area contributed by atoms with Crippen molar-refractivity contribution in [3.8, 4) is 0 Å². The van der Waals surface area contributed by atoms with Crippen LogP contribution in [-0.2, 0) is 4.79 Å². The molecule has 8 nitrogen and oxygen atoms in total. The average Bonchev–Trinajstić information content (AvgIpc) is 2.90. The number of hydrogen-bond acceptors (Lipinski definition) is 5. The Hall–Kier alpha value is -2.38. The van der Waals surface area contributed by atoms with E-state index in [1.807, 2.05) is 19.0 Å². The molecule has 1 aromatic rings. The van der Waals surface area contributed by atoms with Gasteiger partial charge in [0.1, 0.15) is 0 Å². The molecule has 0 bridgehead atoms. The molecular weight excluding hydrogens is 332 g/mol. The molecule has 142 valence electrons. The molecule has 0 aliphatic carbocycles. The van der Waals surface area contributed by atoms with E-state index < -0.39 is 5.41 Å². The van der Waals surface area contributed by atoms with Crippen molar-refractivity contribution in [2.75, 3.05) is 59.3 Å². The van der Waals surface area contributed by atoms with Crippen LogP contribution in [0.2, 0.25) is 0 Å². The second-order valence-corrected chi connectivity index (χ2v) is 7.71. The zero-order valence-electron chi connectivity index (χ0n) is 16.1. The van der Waals surface area contributed by atoms with Gasteiger partial charge in [-0.3, -0.25) is 4.79 Å². The van der Waals surface area contributed by atoms with E-state index in [0.29, 0.717) is 32.1 Å². The molecule has 3 heterocycles. The number of urea groups is 1. The van der Waals surface area contributed by atoms with Gasteiger partial charge in [0.2, 0.25) is 11.9 Å². The summed E-state index contributed by atoms with van der Waals surface area (Å²) < 4.78 is 0. The molecule has 26 heavy (non-hydrogen) atoms. The predicted molar refractivity (Wildman–Crippen MR) is 98.8 cm³/mol. The summed E-state index contributed by atoms with van der Waals surface area (Å²) in [7, 11) is 7.15. The summed E-state index contributed by atoms with van der Waals surface area (Å²) in [5, 5.41) is 0. The maximum Gasteiger partial charge on any atom is 0.319 e. The molecule has 0 spiro atoms. The Morgan fingerprint density at radius 3 is 2.42 bits per heavy atom. The summed E-state index contributed by atoms with van der Waals surface area (Å²) in [5.74, 6) is 0.852. The van der Waals surface area contributed by atoms with Crippen molar-refractivity contribution in [2.24, 2.45) is 11.3 Å². The second kappa shape index (κ2) is 7.09. The van der Waals surface area contributed by atoms with E-state index >= 15 is 0 Å². The third kappa shape index (κ3) is 3.20. The van der Waals surface area contributed by atoms with Crippen LogP contribution in [0, 0.1) is 11.3 Å². The first-order chi connectivity index (χ1) is 12.3. The van der Waals surface area contributed by atoms with Crippen LogP contribution >= 0.6 is 0 Å². The van der Waals surface area contributed by atoms with Crippen molar-refractivity contribution >= 4 is 17.9 Å². The van der Waals surface area contributed by atoms with Gasteiger partial charge in [-0.1, -0.05) is 0 Å². The van der Waals surface area contributed by atoms with Crippen molar-refractivity contribution in [3.05, 3.63) is 18.5 Å². The lowest BCUT2D eigenvalue weighted by molar-refractivity contribution is -0.141. The van der Waals surface area contributed by atoms with Gasteiger partial charge >= 0.3 is 6.03 Å². The van der Waals surface area contributed by atoms with Crippen LogP contribution in [-0.4, -0.2) is 91.0 Å². The van der Waals surface area contributed by atoms with E-state index in [4.69, 9.17) is 0 Å². The number of anilines is 1. The number of fused-ring (bicyclic) bond motifs is 1. The van der Waals surface area contributed by atoms with Gasteiger partial charge in [0.25, 0.3) is 0 Å². The number of amides is 3. The average molecular weight is 360 g/mol. The van der Waals surface area contributed by atoms with Gasteiger partial charge in [0.15, 0.2) is 0 Å². The molecule has 1 aromatic heterocycles. The molecule has 3 amide bonds. The molecule has 2 fully saturated rings. The SMILES string of the molecule is CN(C)C(=O)N1CCC[C@]2(C(=O)N(C)C)CN(c3ncccn3)C[C@@H]2C1. The fraction of sp³-hybridized carbons (Fsp3) is 0.667. The topological polar surface area (TPSA) is 72.9 Å². The predicted octanol–water partition coefficient (Wildman–Crippen LogP) is 0.765. The van der Waals surface area contributed by atoms with Crippen LogP contribution in [0.4, 0.5) is 10.7 Å². The van der Waals surface area contributed by atoms with Gasteiger partial charge in [-0.05, 0) is 18.9 Å². The molecule has 2 aliphatic heterocycles. The summed E-state index contributed by atoms with van der Waals surface area (Å²) in [6.07, 6.45) is 5.03. The van der Waals surface area contributed by atoms with E-state index in [1.54, 1.807) is 42.4 Å². The number of rotatable bonds is 2. The van der Waals surface area contributed by atoms with Crippen LogP contribution in [0.1, 0.15) is 12.8 Å². The van der Waals surface area contributed by atoms with Gasteiger partial charge < -0.3 is 19.6 Å². The summed E-state index contributed by atoms with van der Waals surface area (Å²) in [4.78, 5) is 41.7. The van der Waals surface area contributed by atoms with Crippen molar-refractivity contribution in [2.45, 2.75) is 12.8 Å². The monoisotopic (exact) mass is 360 g/mol. The Morgan fingerprint density at radius 2 is 1.81 bits per heavy atom. The highest BCUT2D eigenvalue weighted by atomic mass is 16.2. The first-order valence-corrected chi connectivity index (χ1v) is 9.05. The standard InChI is InChI=1S/C18H28N6O2/c1-21(2)15(25)18-7-5-10-23(17(26)22(3)4)11-14(18)12-24(13-18)16-19-8-6-9-20-16/h6,8-9,14H,5,7,10-13H2,1-4H3/t14-,18-/m0/s1.